The topological polar surface area (TPSA) is 84.4 Å². The Kier molecular flexibility index (Phi) is 6.75. The molecule has 2 amide bonds. The summed E-state index contributed by atoms with van der Waals surface area (Å²) in [7, 11) is 1.53. The summed E-state index contributed by atoms with van der Waals surface area (Å²) in [4.78, 5) is 35.5. The molecular formula is C23H23FN4O3S. The second kappa shape index (κ2) is 9.86. The van der Waals surface area contributed by atoms with Crippen molar-refractivity contribution in [3.63, 3.8) is 0 Å². The zero-order valence-electron chi connectivity index (χ0n) is 17.6. The van der Waals surface area contributed by atoms with Crippen molar-refractivity contribution in [2.24, 2.45) is 0 Å². The van der Waals surface area contributed by atoms with E-state index in [1.807, 2.05) is 4.90 Å². The van der Waals surface area contributed by atoms with E-state index in [1.54, 1.807) is 29.6 Å². The molecule has 0 bridgehead atoms. The Morgan fingerprint density at radius 2 is 1.94 bits per heavy atom. The first-order chi connectivity index (χ1) is 15.5. The quantitative estimate of drug-likeness (QED) is 0.611. The Morgan fingerprint density at radius 1 is 1.19 bits per heavy atom. The van der Waals surface area contributed by atoms with Gasteiger partial charge in [0, 0.05) is 30.5 Å². The van der Waals surface area contributed by atoms with Gasteiger partial charge in [-0.15, -0.1) is 11.3 Å². The van der Waals surface area contributed by atoms with Crippen LogP contribution in [0.15, 0.2) is 48.0 Å². The minimum atomic E-state index is -0.306. The predicted octanol–water partition coefficient (Wildman–Crippen LogP) is 3.89. The lowest BCUT2D eigenvalue weighted by atomic mass is 9.97. The average Bonchev–Trinajstić information content (AvgIpc) is 3.32. The number of anilines is 1. The van der Waals surface area contributed by atoms with Crippen LogP contribution in [0.1, 0.15) is 39.8 Å². The first kappa shape index (κ1) is 21.9. The third-order valence-corrected chi connectivity index (χ3v) is 6.43. The second-order valence-electron chi connectivity index (χ2n) is 7.57. The maximum absolute atomic E-state index is 13.0. The molecule has 1 fully saturated rings. The van der Waals surface area contributed by atoms with Crippen LogP contribution in [0.2, 0.25) is 0 Å². The van der Waals surface area contributed by atoms with E-state index in [9.17, 15) is 14.0 Å². The molecule has 0 radical (unpaired) electrons. The van der Waals surface area contributed by atoms with Crippen LogP contribution in [0.4, 0.5) is 10.1 Å². The van der Waals surface area contributed by atoms with E-state index in [1.165, 1.54) is 36.8 Å². The standard InChI is InChI=1S/C23H23FN4O3S/c1-31-20-7-6-18(13-25-20)26-22(30)19-14-32-23(27-19)16-8-10-28(11-9-16)21(29)12-15-2-4-17(24)5-3-15/h2-7,13-14,16H,8-12H2,1H3,(H,26,30). The van der Waals surface area contributed by atoms with Gasteiger partial charge in [-0.05, 0) is 36.6 Å². The van der Waals surface area contributed by atoms with Crippen LogP contribution in [0.5, 0.6) is 5.88 Å². The summed E-state index contributed by atoms with van der Waals surface area (Å²) in [6, 6.07) is 9.42. The molecule has 32 heavy (non-hydrogen) atoms. The summed E-state index contributed by atoms with van der Waals surface area (Å²) < 4.78 is 18.1. The number of aromatic nitrogens is 2. The van der Waals surface area contributed by atoms with Crippen LogP contribution >= 0.6 is 11.3 Å². The average molecular weight is 455 g/mol. The molecule has 0 unspecified atom stereocenters. The predicted molar refractivity (Wildman–Crippen MR) is 120 cm³/mol. The Labute approximate surface area is 189 Å². The number of benzene rings is 1. The molecule has 7 nitrogen and oxygen atoms in total. The lowest BCUT2D eigenvalue weighted by Gasteiger charge is -2.31. The lowest BCUT2D eigenvalue weighted by molar-refractivity contribution is -0.131. The fourth-order valence-corrected chi connectivity index (χ4v) is 4.59. The largest absolute Gasteiger partial charge is 0.481 e. The van der Waals surface area contributed by atoms with Crippen molar-refractivity contribution in [2.75, 3.05) is 25.5 Å². The molecule has 9 heteroatoms. The van der Waals surface area contributed by atoms with Crippen LogP contribution in [-0.4, -0.2) is 46.9 Å². The molecule has 0 aliphatic carbocycles. The van der Waals surface area contributed by atoms with Crippen LogP contribution < -0.4 is 10.1 Å². The van der Waals surface area contributed by atoms with E-state index in [-0.39, 0.29) is 30.0 Å². The number of halogens is 1. The van der Waals surface area contributed by atoms with Crippen LogP contribution in [-0.2, 0) is 11.2 Å². The fourth-order valence-electron chi connectivity index (χ4n) is 3.61. The number of carbonyl (C=O) groups is 2. The Balaban J connectivity index is 1.29. The van der Waals surface area contributed by atoms with Crippen molar-refractivity contribution >= 4 is 28.8 Å². The smallest absolute Gasteiger partial charge is 0.275 e. The van der Waals surface area contributed by atoms with Gasteiger partial charge in [0.15, 0.2) is 0 Å². The minimum absolute atomic E-state index is 0.0439. The maximum Gasteiger partial charge on any atom is 0.275 e. The molecule has 0 atom stereocenters. The second-order valence-corrected chi connectivity index (χ2v) is 8.46. The molecule has 3 aromatic rings. The van der Waals surface area contributed by atoms with Crippen molar-refractivity contribution < 1.29 is 18.7 Å². The first-order valence-electron chi connectivity index (χ1n) is 10.3. The van der Waals surface area contributed by atoms with E-state index < -0.39 is 0 Å². The molecule has 1 saturated heterocycles. The summed E-state index contributed by atoms with van der Waals surface area (Å²) >= 11 is 1.47. The Morgan fingerprint density at radius 3 is 2.59 bits per heavy atom. The number of hydrogen-bond donors (Lipinski definition) is 1. The molecule has 1 aliphatic rings. The highest BCUT2D eigenvalue weighted by molar-refractivity contribution is 7.10. The monoisotopic (exact) mass is 454 g/mol. The van der Waals surface area contributed by atoms with E-state index in [0.29, 0.717) is 30.4 Å². The van der Waals surface area contributed by atoms with Crippen molar-refractivity contribution in [3.8, 4) is 5.88 Å². The highest BCUT2D eigenvalue weighted by Crippen LogP contribution is 2.30. The van der Waals surface area contributed by atoms with Crippen molar-refractivity contribution in [1.82, 2.24) is 14.9 Å². The first-order valence-corrected chi connectivity index (χ1v) is 11.2. The van der Waals surface area contributed by atoms with E-state index in [4.69, 9.17) is 4.74 Å². The number of thiazole rings is 1. The number of hydrogen-bond acceptors (Lipinski definition) is 6. The van der Waals surface area contributed by atoms with Crippen molar-refractivity contribution in [3.05, 3.63) is 70.1 Å². The van der Waals surface area contributed by atoms with E-state index in [0.717, 1.165) is 23.4 Å². The van der Waals surface area contributed by atoms with E-state index >= 15 is 0 Å². The molecule has 166 valence electrons. The number of rotatable bonds is 6. The third kappa shape index (κ3) is 5.28. The van der Waals surface area contributed by atoms with E-state index in [2.05, 4.69) is 15.3 Å². The van der Waals surface area contributed by atoms with Gasteiger partial charge in [-0.2, -0.15) is 0 Å². The summed E-state index contributed by atoms with van der Waals surface area (Å²) in [6.07, 6.45) is 3.40. The molecule has 4 rings (SSSR count). The van der Waals surface area contributed by atoms with Crippen LogP contribution in [0.25, 0.3) is 0 Å². The summed E-state index contributed by atoms with van der Waals surface area (Å²) in [5.74, 6) is 0.147. The number of piperidine rings is 1. The number of nitrogens with zero attached hydrogens (tertiary/aromatic N) is 3. The van der Waals surface area contributed by atoms with Crippen LogP contribution in [0, 0.1) is 5.82 Å². The number of nitrogens with one attached hydrogen (secondary N) is 1. The van der Waals surface area contributed by atoms with Crippen LogP contribution in [0.3, 0.4) is 0 Å². The zero-order valence-corrected chi connectivity index (χ0v) is 18.4. The lowest BCUT2D eigenvalue weighted by Crippen LogP contribution is -2.38. The highest BCUT2D eigenvalue weighted by Gasteiger charge is 2.26. The summed E-state index contributed by atoms with van der Waals surface area (Å²) in [5, 5.41) is 5.45. The minimum Gasteiger partial charge on any atom is -0.481 e. The van der Waals surface area contributed by atoms with Gasteiger partial charge in [-0.1, -0.05) is 12.1 Å². The number of pyridine rings is 1. The summed E-state index contributed by atoms with van der Waals surface area (Å²) in [5.41, 5.74) is 1.75. The van der Waals surface area contributed by atoms with Gasteiger partial charge in [0.1, 0.15) is 11.5 Å². The molecule has 1 aromatic carbocycles. The number of ether oxygens (including phenoxy) is 1. The zero-order chi connectivity index (χ0) is 22.5. The fraction of sp³-hybridized carbons (Fsp3) is 0.304. The number of carbonyl (C=O) groups excluding carboxylic acids is 2. The number of amides is 2. The van der Waals surface area contributed by atoms with Gasteiger partial charge in [0.2, 0.25) is 11.8 Å². The van der Waals surface area contributed by atoms with Gasteiger partial charge in [0.25, 0.3) is 5.91 Å². The molecular weight excluding hydrogens is 431 g/mol. The molecule has 0 saturated carbocycles. The molecule has 0 spiro atoms. The Bertz CT molecular complexity index is 1080. The molecule has 1 aliphatic heterocycles. The van der Waals surface area contributed by atoms with Crippen molar-refractivity contribution in [2.45, 2.75) is 25.2 Å². The highest BCUT2D eigenvalue weighted by atomic mass is 32.1. The molecule has 1 N–H and O–H groups in total. The number of methoxy groups -OCH3 is 1. The third-order valence-electron chi connectivity index (χ3n) is 5.42. The molecule has 2 aromatic heterocycles. The summed E-state index contributed by atoms with van der Waals surface area (Å²) in [6.45, 7) is 1.28. The van der Waals surface area contributed by atoms with Crippen molar-refractivity contribution in [1.29, 1.82) is 0 Å². The normalized spacial score (nSPS) is 14.2. The van der Waals surface area contributed by atoms with Gasteiger partial charge < -0.3 is 15.0 Å². The number of likely N-dealkylation sites (tertiary alicyclic amines) is 1. The molecule has 3 heterocycles. The Hall–Kier alpha value is -3.33. The SMILES string of the molecule is COc1ccc(NC(=O)c2csc(C3CCN(C(=O)Cc4ccc(F)cc4)CC3)n2)cn1. The van der Waals surface area contributed by atoms with Gasteiger partial charge in [0.05, 0.1) is 30.4 Å². The van der Waals surface area contributed by atoms with Gasteiger partial charge in [-0.25, -0.2) is 14.4 Å². The van der Waals surface area contributed by atoms with Gasteiger partial charge >= 0.3 is 0 Å². The maximum atomic E-state index is 13.0. The van der Waals surface area contributed by atoms with Gasteiger partial charge in [-0.3, -0.25) is 9.59 Å².